The molecule has 0 fully saturated rings. The smallest absolute Gasteiger partial charge is 0.208 e. The summed E-state index contributed by atoms with van der Waals surface area (Å²) in [6.45, 7) is 6.74. The topological polar surface area (TPSA) is 79.4 Å². The Morgan fingerprint density at radius 1 is 1.28 bits per heavy atom. The maximum absolute atomic E-state index is 4.44. The summed E-state index contributed by atoms with van der Waals surface area (Å²) in [6.07, 6.45) is 0. The van der Waals surface area contributed by atoms with E-state index in [4.69, 9.17) is 0 Å². The van der Waals surface area contributed by atoms with Crippen LogP contribution in [0.5, 0.6) is 0 Å². The fourth-order valence-corrected chi connectivity index (χ4v) is 2.18. The van der Waals surface area contributed by atoms with E-state index in [1.54, 1.807) is 0 Å². The lowest BCUT2D eigenvalue weighted by atomic mass is 10.4. The van der Waals surface area contributed by atoms with Crippen LogP contribution < -0.4 is 5.32 Å². The van der Waals surface area contributed by atoms with Crippen LogP contribution in [0.15, 0.2) is 11.2 Å². The van der Waals surface area contributed by atoms with Crippen LogP contribution in [0.3, 0.4) is 0 Å². The van der Waals surface area contributed by atoms with Crippen molar-refractivity contribution in [2.45, 2.75) is 31.7 Å². The molecule has 0 unspecified atom stereocenters. The van der Waals surface area contributed by atoms with E-state index < -0.39 is 0 Å². The van der Waals surface area contributed by atoms with Gasteiger partial charge >= 0.3 is 0 Å². The van der Waals surface area contributed by atoms with Gasteiger partial charge in [-0.25, -0.2) is 15.0 Å². The second-order valence-electron chi connectivity index (χ2n) is 3.83. The number of aromatic amines is 1. The average molecular weight is 264 g/mol. The van der Waals surface area contributed by atoms with Crippen molar-refractivity contribution in [2.75, 3.05) is 11.9 Å². The summed E-state index contributed by atoms with van der Waals surface area (Å²) in [7, 11) is 0. The van der Waals surface area contributed by atoms with Crippen molar-refractivity contribution >= 4 is 17.6 Å². The summed E-state index contributed by atoms with van der Waals surface area (Å²) in [4.78, 5) is 13.1. The molecule has 0 bridgehead atoms. The van der Waals surface area contributed by atoms with Crippen LogP contribution >= 0.6 is 11.8 Å². The fourth-order valence-electron chi connectivity index (χ4n) is 1.48. The average Bonchev–Trinajstić information content (AvgIpc) is 2.72. The monoisotopic (exact) mass is 264 g/mol. The van der Waals surface area contributed by atoms with Gasteiger partial charge in [0.1, 0.15) is 17.5 Å². The quantitative estimate of drug-likeness (QED) is 0.803. The molecule has 18 heavy (non-hydrogen) atoms. The number of rotatable bonds is 5. The number of nitrogens with one attached hydrogen (secondary N) is 2. The van der Waals surface area contributed by atoms with Gasteiger partial charge in [0.2, 0.25) is 5.16 Å². The lowest BCUT2D eigenvalue weighted by Crippen LogP contribution is -2.04. The zero-order valence-electron chi connectivity index (χ0n) is 10.7. The molecule has 0 aromatic carbocycles. The first-order chi connectivity index (χ1) is 8.67. The predicted molar refractivity (Wildman–Crippen MR) is 71.6 cm³/mol. The lowest BCUT2D eigenvalue weighted by molar-refractivity contribution is 0.955. The normalized spacial score (nSPS) is 10.6. The highest BCUT2D eigenvalue weighted by atomic mass is 32.2. The third-order valence-electron chi connectivity index (χ3n) is 2.17. The molecule has 2 aromatic heterocycles. The van der Waals surface area contributed by atoms with E-state index in [1.165, 1.54) is 11.8 Å². The van der Waals surface area contributed by atoms with Gasteiger partial charge in [-0.15, -0.1) is 5.10 Å². The molecule has 0 spiro atoms. The molecular weight excluding hydrogens is 248 g/mol. The second kappa shape index (κ2) is 5.81. The first-order valence-corrected chi connectivity index (χ1v) is 6.76. The van der Waals surface area contributed by atoms with Gasteiger partial charge in [-0.1, -0.05) is 11.8 Å². The summed E-state index contributed by atoms with van der Waals surface area (Å²) in [5.41, 5.74) is 0.961. The van der Waals surface area contributed by atoms with Gasteiger partial charge in [0.05, 0.1) is 5.75 Å². The minimum Gasteiger partial charge on any atom is -0.370 e. The van der Waals surface area contributed by atoms with E-state index in [-0.39, 0.29) is 0 Å². The third-order valence-corrected chi connectivity index (χ3v) is 3.01. The highest BCUT2D eigenvalue weighted by Crippen LogP contribution is 2.18. The van der Waals surface area contributed by atoms with E-state index in [1.807, 2.05) is 26.8 Å². The maximum atomic E-state index is 4.44. The van der Waals surface area contributed by atoms with E-state index in [0.29, 0.717) is 5.75 Å². The molecular formula is C11H16N6S. The van der Waals surface area contributed by atoms with Crippen molar-refractivity contribution in [3.05, 3.63) is 23.4 Å². The Kier molecular flexibility index (Phi) is 4.14. The number of hydrogen-bond acceptors (Lipinski definition) is 6. The summed E-state index contributed by atoms with van der Waals surface area (Å²) >= 11 is 1.52. The summed E-state index contributed by atoms with van der Waals surface area (Å²) in [6, 6.07) is 1.94. The van der Waals surface area contributed by atoms with Gasteiger partial charge in [-0.2, -0.15) is 0 Å². The number of thioether (sulfide) groups is 1. The Bertz CT molecular complexity index is 524. The molecule has 96 valence electrons. The highest BCUT2D eigenvalue weighted by molar-refractivity contribution is 7.98. The van der Waals surface area contributed by atoms with Gasteiger partial charge in [0, 0.05) is 18.3 Å². The van der Waals surface area contributed by atoms with Crippen LogP contribution in [-0.2, 0) is 5.75 Å². The molecule has 6 nitrogen and oxygen atoms in total. The summed E-state index contributed by atoms with van der Waals surface area (Å²) in [5, 5.41) is 10.8. The highest BCUT2D eigenvalue weighted by Gasteiger charge is 2.05. The molecule has 2 heterocycles. The minimum atomic E-state index is 0.664. The summed E-state index contributed by atoms with van der Waals surface area (Å²) < 4.78 is 0. The van der Waals surface area contributed by atoms with Gasteiger partial charge < -0.3 is 5.32 Å². The zero-order valence-corrected chi connectivity index (χ0v) is 11.5. The Hall–Kier alpha value is -1.63. The Balaban J connectivity index is 2.04. The third kappa shape index (κ3) is 3.43. The van der Waals surface area contributed by atoms with Crippen molar-refractivity contribution in [2.24, 2.45) is 0 Å². The Morgan fingerprint density at radius 3 is 2.78 bits per heavy atom. The first kappa shape index (κ1) is 12.8. The van der Waals surface area contributed by atoms with Crippen molar-refractivity contribution < 1.29 is 0 Å². The second-order valence-corrected chi connectivity index (χ2v) is 4.78. The fraction of sp³-hybridized carbons (Fsp3) is 0.455. The van der Waals surface area contributed by atoms with Crippen LogP contribution in [-0.4, -0.2) is 31.7 Å². The first-order valence-electron chi connectivity index (χ1n) is 5.77. The molecule has 7 heteroatoms. The van der Waals surface area contributed by atoms with Gasteiger partial charge in [0.15, 0.2) is 0 Å². The predicted octanol–water partition coefficient (Wildman–Crippen LogP) is 1.94. The number of H-pyrrole nitrogens is 1. The molecule has 0 aliphatic carbocycles. The summed E-state index contributed by atoms with van der Waals surface area (Å²) in [5.74, 6) is 3.14. The van der Waals surface area contributed by atoms with Crippen LogP contribution in [0.4, 0.5) is 5.82 Å². The van der Waals surface area contributed by atoms with Crippen LogP contribution in [0.25, 0.3) is 0 Å². The molecule has 0 saturated carbocycles. The SMILES string of the molecule is CCNc1cc(C)nc(CSc2n[nH]c(C)n2)n1. The van der Waals surface area contributed by atoms with Crippen LogP contribution in [0, 0.1) is 13.8 Å². The van der Waals surface area contributed by atoms with E-state index in [9.17, 15) is 0 Å². The molecule has 2 N–H and O–H groups in total. The lowest BCUT2D eigenvalue weighted by Gasteiger charge is -2.05. The Labute approximate surface area is 110 Å². The Morgan fingerprint density at radius 2 is 2.11 bits per heavy atom. The van der Waals surface area contributed by atoms with Gasteiger partial charge in [-0.3, -0.25) is 5.10 Å². The molecule has 0 saturated heterocycles. The molecule has 0 aliphatic heterocycles. The molecule has 2 rings (SSSR count). The molecule has 2 aromatic rings. The van der Waals surface area contributed by atoms with Crippen LogP contribution in [0.2, 0.25) is 0 Å². The number of anilines is 1. The zero-order chi connectivity index (χ0) is 13.0. The molecule has 0 radical (unpaired) electrons. The molecule has 0 aliphatic rings. The van der Waals surface area contributed by atoms with Gasteiger partial charge in [0.25, 0.3) is 0 Å². The number of nitrogens with zero attached hydrogens (tertiary/aromatic N) is 4. The number of aromatic nitrogens is 5. The van der Waals surface area contributed by atoms with Gasteiger partial charge in [-0.05, 0) is 20.8 Å². The van der Waals surface area contributed by atoms with E-state index in [2.05, 4.69) is 30.5 Å². The van der Waals surface area contributed by atoms with E-state index >= 15 is 0 Å². The molecule has 0 atom stereocenters. The largest absolute Gasteiger partial charge is 0.370 e. The van der Waals surface area contributed by atoms with Crippen molar-refractivity contribution in [3.8, 4) is 0 Å². The number of aryl methyl sites for hydroxylation is 2. The van der Waals surface area contributed by atoms with Crippen molar-refractivity contribution in [1.29, 1.82) is 0 Å². The maximum Gasteiger partial charge on any atom is 0.208 e. The standard InChI is InChI=1S/C11H16N6S/c1-4-12-9-5-7(2)13-10(15-9)6-18-11-14-8(3)16-17-11/h5H,4,6H2,1-3H3,(H,12,13,15)(H,14,16,17). The van der Waals surface area contributed by atoms with E-state index in [0.717, 1.165) is 34.9 Å². The van der Waals surface area contributed by atoms with Crippen molar-refractivity contribution in [3.63, 3.8) is 0 Å². The molecule has 0 amide bonds. The number of hydrogen-bond donors (Lipinski definition) is 2. The minimum absolute atomic E-state index is 0.664. The van der Waals surface area contributed by atoms with Crippen molar-refractivity contribution in [1.82, 2.24) is 25.1 Å². The van der Waals surface area contributed by atoms with Crippen LogP contribution in [0.1, 0.15) is 24.3 Å².